The molecular weight excluding hydrogens is 326 g/mol. The van der Waals surface area contributed by atoms with Gasteiger partial charge in [0.05, 0.1) is 0 Å². The summed E-state index contributed by atoms with van der Waals surface area (Å²) in [5.41, 5.74) is 4.71. The SMILES string of the molecule is c1ccc(Nc2ccc3ccccc3c2-c2cccc3ccccc23)cc1. The van der Waals surface area contributed by atoms with Crippen LogP contribution in [0.4, 0.5) is 11.4 Å². The molecule has 5 rings (SSSR count). The first kappa shape index (κ1) is 15.7. The van der Waals surface area contributed by atoms with Gasteiger partial charge in [0, 0.05) is 16.9 Å². The maximum absolute atomic E-state index is 3.63. The molecule has 0 radical (unpaired) electrons. The molecule has 0 aliphatic heterocycles. The second-order valence-electron chi connectivity index (χ2n) is 6.73. The molecule has 1 heteroatoms. The van der Waals surface area contributed by atoms with E-state index in [2.05, 4.69) is 108 Å². The van der Waals surface area contributed by atoms with Gasteiger partial charge < -0.3 is 5.32 Å². The van der Waals surface area contributed by atoms with Crippen molar-refractivity contribution in [1.29, 1.82) is 0 Å². The minimum atomic E-state index is 1.09. The second-order valence-corrected chi connectivity index (χ2v) is 6.73. The summed E-state index contributed by atoms with van der Waals surface area (Å²) < 4.78 is 0. The van der Waals surface area contributed by atoms with E-state index < -0.39 is 0 Å². The molecule has 0 aliphatic carbocycles. The van der Waals surface area contributed by atoms with Gasteiger partial charge >= 0.3 is 0 Å². The van der Waals surface area contributed by atoms with E-state index in [-0.39, 0.29) is 0 Å². The number of nitrogens with one attached hydrogen (secondary N) is 1. The molecule has 0 amide bonds. The second kappa shape index (κ2) is 6.62. The summed E-state index contributed by atoms with van der Waals surface area (Å²) in [7, 11) is 0. The van der Waals surface area contributed by atoms with Crippen LogP contribution in [0.5, 0.6) is 0 Å². The van der Waals surface area contributed by atoms with E-state index in [9.17, 15) is 0 Å². The van der Waals surface area contributed by atoms with E-state index in [1.165, 1.54) is 32.7 Å². The number of benzene rings is 5. The van der Waals surface area contributed by atoms with Crippen LogP contribution >= 0.6 is 0 Å². The molecular formula is C26H19N. The quantitative estimate of drug-likeness (QED) is 0.359. The standard InChI is InChI=1S/C26H19N/c1-2-12-21(13-3-1)27-25-18-17-20-10-5-7-15-23(20)26(25)24-16-8-11-19-9-4-6-14-22(19)24/h1-18,27H. The van der Waals surface area contributed by atoms with Crippen LogP contribution in [0, 0.1) is 0 Å². The van der Waals surface area contributed by atoms with Gasteiger partial charge in [0.15, 0.2) is 0 Å². The van der Waals surface area contributed by atoms with Crippen molar-refractivity contribution in [3.05, 3.63) is 109 Å². The van der Waals surface area contributed by atoms with Crippen molar-refractivity contribution in [2.24, 2.45) is 0 Å². The lowest BCUT2D eigenvalue weighted by Gasteiger charge is -2.17. The highest BCUT2D eigenvalue weighted by molar-refractivity contribution is 6.10. The zero-order valence-electron chi connectivity index (χ0n) is 14.9. The normalized spacial score (nSPS) is 11.0. The Kier molecular flexibility index (Phi) is 3.84. The summed E-state index contributed by atoms with van der Waals surface area (Å²) in [4.78, 5) is 0. The van der Waals surface area contributed by atoms with E-state index in [0.717, 1.165) is 11.4 Å². The van der Waals surface area contributed by atoms with Crippen molar-refractivity contribution < 1.29 is 0 Å². The molecule has 0 saturated heterocycles. The van der Waals surface area contributed by atoms with Gasteiger partial charge in [-0.2, -0.15) is 0 Å². The number of fused-ring (bicyclic) bond motifs is 2. The van der Waals surface area contributed by atoms with Gasteiger partial charge in [-0.25, -0.2) is 0 Å². The fourth-order valence-corrected chi connectivity index (χ4v) is 3.79. The predicted molar refractivity (Wildman–Crippen MR) is 117 cm³/mol. The molecule has 0 unspecified atom stereocenters. The maximum Gasteiger partial charge on any atom is 0.0470 e. The molecule has 1 N–H and O–H groups in total. The number of para-hydroxylation sites is 1. The minimum Gasteiger partial charge on any atom is -0.355 e. The van der Waals surface area contributed by atoms with Crippen LogP contribution in [0.15, 0.2) is 109 Å². The van der Waals surface area contributed by atoms with E-state index in [1.54, 1.807) is 0 Å². The van der Waals surface area contributed by atoms with Gasteiger partial charge in [0.25, 0.3) is 0 Å². The Balaban J connectivity index is 1.82. The van der Waals surface area contributed by atoms with Crippen LogP contribution in [-0.2, 0) is 0 Å². The van der Waals surface area contributed by atoms with E-state index in [4.69, 9.17) is 0 Å². The minimum absolute atomic E-state index is 1.09. The summed E-state index contributed by atoms with van der Waals surface area (Å²) in [6, 6.07) is 38.5. The van der Waals surface area contributed by atoms with Crippen molar-refractivity contribution in [2.75, 3.05) is 5.32 Å². The molecule has 0 aromatic heterocycles. The summed E-state index contributed by atoms with van der Waals surface area (Å²) in [5, 5.41) is 8.66. The fraction of sp³-hybridized carbons (Fsp3) is 0. The Hall–Kier alpha value is -3.58. The molecule has 0 aliphatic rings. The van der Waals surface area contributed by atoms with E-state index >= 15 is 0 Å². The summed E-state index contributed by atoms with van der Waals surface area (Å²) in [6.07, 6.45) is 0. The highest BCUT2D eigenvalue weighted by atomic mass is 14.9. The monoisotopic (exact) mass is 345 g/mol. The maximum atomic E-state index is 3.63. The van der Waals surface area contributed by atoms with Gasteiger partial charge in [-0.3, -0.25) is 0 Å². The molecule has 0 heterocycles. The zero-order valence-corrected chi connectivity index (χ0v) is 14.9. The Morgan fingerprint density at radius 1 is 0.444 bits per heavy atom. The Labute approximate surface area is 158 Å². The molecule has 0 atom stereocenters. The number of hydrogen-bond donors (Lipinski definition) is 1. The van der Waals surface area contributed by atoms with Crippen molar-refractivity contribution in [2.45, 2.75) is 0 Å². The van der Waals surface area contributed by atoms with Crippen molar-refractivity contribution in [1.82, 2.24) is 0 Å². The van der Waals surface area contributed by atoms with Gasteiger partial charge in [-0.1, -0.05) is 91.0 Å². The molecule has 0 spiro atoms. The van der Waals surface area contributed by atoms with Crippen LogP contribution in [0.25, 0.3) is 32.7 Å². The first-order valence-electron chi connectivity index (χ1n) is 9.22. The number of rotatable bonds is 3. The van der Waals surface area contributed by atoms with Crippen molar-refractivity contribution >= 4 is 32.9 Å². The van der Waals surface area contributed by atoms with Crippen LogP contribution in [-0.4, -0.2) is 0 Å². The van der Waals surface area contributed by atoms with Crippen LogP contribution in [0.3, 0.4) is 0 Å². The average molecular weight is 345 g/mol. The van der Waals surface area contributed by atoms with E-state index in [1.807, 2.05) is 6.07 Å². The fourth-order valence-electron chi connectivity index (χ4n) is 3.79. The predicted octanol–water partition coefficient (Wildman–Crippen LogP) is 7.40. The first-order chi connectivity index (χ1) is 13.4. The summed E-state index contributed by atoms with van der Waals surface area (Å²) in [6.45, 7) is 0. The van der Waals surface area contributed by atoms with Crippen molar-refractivity contribution in [3.8, 4) is 11.1 Å². The molecule has 0 saturated carbocycles. The van der Waals surface area contributed by atoms with Gasteiger partial charge in [-0.05, 0) is 45.3 Å². The number of anilines is 2. The Morgan fingerprint density at radius 3 is 1.89 bits per heavy atom. The molecule has 0 bridgehead atoms. The van der Waals surface area contributed by atoms with Gasteiger partial charge in [0.2, 0.25) is 0 Å². The summed E-state index contributed by atoms with van der Waals surface area (Å²) in [5.74, 6) is 0. The highest BCUT2D eigenvalue weighted by Crippen LogP contribution is 2.40. The Bertz CT molecular complexity index is 1230. The first-order valence-corrected chi connectivity index (χ1v) is 9.22. The van der Waals surface area contributed by atoms with Crippen LogP contribution < -0.4 is 5.32 Å². The third-order valence-electron chi connectivity index (χ3n) is 5.04. The zero-order chi connectivity index (χ0) is 18.1. The smallest absolute Gasteiger partial charge is 0.0470 e. The van der Waals surface area contributed by atoms with Gasteiger partial charge in [-0.15, -0.1) is 0 Å². The average Bonchev–Trinajstić information content (AvgIpc) is 2.74. The van der Waals surface area contributed by atoms with E-state index in [0.29, 0.717) is 0 Å². The van der Waals surface area contributed by atoms with Gasteiger partial charge in [0.1, 0.15) is 0 Å². The Morgan fingerprint density at radius 2 is 1.07 bits per heavy atom. The van der Waals surface area contributed by atoms with Crippen molar-refractivity contribution in [3.63, 3.8) is 0 Å². The lowest BCUT2D eigenvalue weighted by atomic mass is 9.92. The highest BCUT2D eigenvalue weighted by Gasteiger charge is 2.13. The number of hydrogen-bond acceptors (Lipinski definition) is 1. The molecule has 5 aromatic rings. The van der Waals surface area contributed by atoms with Crippen LogP contribution in [0.2, 0.25) is 0 Å². The summed E-state index contributed by atoms with van der Waals surface area (Å²) >= 11 is 0. The third-order valence-corrected chi connectivity index (χ3v) is 5.04. The molecule has 0 fully saturated rings. The molecule has 1 nitrogen and oxygen atoms in total. The molecule has 5 aromatic carbocycles. The topological polar surface area (TPSA) is 12.0 Å². The largest absolute Gasteiger partial charge is 0.355 e. The lowest BCUT2D eigenvalue weighted by molar-refractivity contribution is 1.56. The molecule has 27 heavy (non-hydrogen) atoms. The molecule has 128 valence electrons. The van der Waals surface area contributed by atoms with Crippen LogP contribution in [0.1, 0.15) is 0 Å². The third kappa shape index (κ3) is 2.84. The lowest BCUT2D eigenvalue weighted by Crippen LogP contribution is -1.95.